The molecule has 1 atom stereocenters. The average molecular weight is 290 g/mol. The van der Waals surface area contributed by atoms with Gasteiger partial charge in [-0.15, -0.1) is 0 Å². The maximum Gasteiger partial charge on any atom is 0.371 e. The highest BCUT2D eigenvalue weighted by molar-refractivity contribution is 5.89. The molecule has 0 aliphatic carbocycles. The van der Waals surface area contributed by atoms with Crippen molar-refractivity contribution >= 4 is 12.0 Å². The summed E-state index contributed by atoms with van der Waals surface area (Å²) in [5.74, 6) is -0.563. The molecule has 0 aliphatic heterocycles. The van der Waals surface area contributed by atoms with Crippen molar-refractivity contribution in [2.45, 2.75) is 46.0 Å². The predicted molar refractivity (Wildman–Crippen MR) is 85.9 cm³/mol. The number of aliphatic carboxylic acids is 1. The van der Waals surface area contributed by atoms with Crippen molar-refractivity contribution < 1.29 is 14.6 Å². The van der Waals surface area contributed by atoms with Crippen LogP contribution >= 0.6 is 0 Å². The molecule has 0 aliphatic rings. The van der Waals surface area contributed by atoms with Gasteiger partial charge in [-0.3, -0.25) is 0 Å². The number of hydrogen-bond acceptors (Lipinski definition) is 2. The fourth-order valence-electron chi connectivity index (χ4n) is 2.16. The van der Waals surface area contributed by atoms with Crippen molar-refractivity contribution in [2.75, 3.05) is 6.61 Å². The summed E-state index contributed by atoms with van der Waals surface area (Å²) in [6, 6.07) is 9.39. The molecule has 0 saturated heterocycles. The van der Waals surface area contributed by atoms with Crippen LogP contribution in [0.4, 0.5) is 0 Å². The highest BCUT2D eigenvalue weighted by atomic mass is 16.5. The minimum Gasteiger partial charge on any atom is -0.486 e. The Labute approximate surface area is 127 Å². The second kappa shape index (κ2) is 10.0. The van der Waals surface area contributed by atoms with E-state index in [0.29, 0.717) is 12.5 Å². The van der Waals surface area contributed by atoms with E-state index in [-0.39, 0.29) is 5.76 Å². The molecule has 0 fully saturated rings. The lowest BCUT2D eigenvalue weighted by Crippen LogP contribution is -2.13. The van der Waals surface area contributed by atoms with Crippen LogP contribution in [0.1, 0.15) is 51.5 Å². The molecule has 0 spiro atoms. The number of unbranched alkanes of at least 4 members (excludes halogenated alkanes) is 2. The van der Waals surface area contributed by atoms with Crippen molar-refractivity contribution in [3.63, 3.8) is 0 Å². The van der Waals surface area contributed by atoms with Gasteiger partial charge in [-0.1, -0.05) is 69.9 Å². The zero-order valence-electron chi connectivity index (χ0n) is 13.0. The van der Waals surface area contributed by atoms with E-state index in [1.807, 2.05) is 30.3 Å². The molecule has 0 radical (unpaired) electrons. The Bertz CT molecular complexity index is 437. The van der Waals surface area contributed by atoms with Gasteiger partial charge in [0.2, 0.25) is 5.76 Å². The maximum absolute atomic E-state index is 11.3. The summed E-state index contributed by atoms with van der Waals surface area (Å²) < 4.78 is 5.55. The van der Waals surface area contributed by atoms with Gasteiger partial charge in [0.15, 0.2) is 0 Å². The molecule has 1 N–H and O–H groups in total. The first kappa shape index (κ1) is 17.3. The summed E-state index contributed by atoms with van der Waals surface area (Å²) in [5.41, 5.74) is 0.842. The van der Waals surface area contributed by atoms with Crippen molar-refractivity contribution in [1.29, 1.82) is 0 Å². The summed E-state index contributed by atoms with van der Waals surface area (Å²) in [5, 5.41) is 9.24. The van der Waals surface area contributed by atoms with Crippen LogP contribution in [0.15, 0.2) is 36.1 Å². The number of carboxylic acids is 1. The summed E-state index contributed by atoms with van der Waals surface area (Å²) in [4.78, 5) is 11.3. The van der Waals surface area contributed by atoms with E-state index in [9.17, 15) is 9.90 Å². The van der Waals surface area contributed by atoms with Crippen LogP contribution in [0.25, 0.3) is 6.08 Å². The molecule has 1 rings (SSSR count). The minimum atomic E-state index is -1.01. The fraction of sp³-hybridized carbons (Fsp3) is 0.500. The summed E-state index contributed by atoms with van der Waals surface area (Å²) in [6.45, 7) is 4.79. The SMILES string of the molecule is CCCCCC(CC)COC(=Cc1ccccc1)C(=O)O. The molecule has 0 heterocycles. The van der Waals surface area contributed by atoms with Gasteiger partial charge < -0.3 is 9.84 Å². The molecule has 0 aromatic heterocycles. The van der Waals surface area contributed by atoms with Gasteiger partial charge in [-0.25, -0.2) is 4.79 Å². The topological polar surface area (TPSA) is 46.5 Å². The molecule has 0 amide bonds. The molecule has 3 heteroatoms. The average Bonchev–Trinajstić information content (AvgIpc) is 2.50. The minimum absolute atomic E-state index is 0.0233. The third kappa shape index (κ3) is 6.98. The fourth-order valence-corrected chi connectivity index (χ4v) is 2.16. The Kier molecular flexibility index (Phi) is 8.25. The van der Waals surface area contributed by atoms with E-state index in [2.05, 4.69) is 13.8 Å². The second-order valence-corrected chi connectivity index (χ2v) is 5.31. The Hall–Kier alpha value is -1.77. The van der Waals surface area contributed by atoms with Crippen molar-refractivity contribution in [2.24, 2.45) is 5.92 Å². The van der Waals surface area contributed by atoms with Crippen LogP contribution in [0.2, 0.25) is 0 Å². The first-order chi connectivity index (χ1) is 10.2. The third-order valence-corrected chi connectivity index (χ3v) is 3.58. The molecule has 3 nitrogen and oxygen atoms in total. The Morgan fingerprint density at radius 3 is 2.52 bits per heavy atom. The number of hydrogen-bond donors (Lipinski definition) is 1. The number of carboxylic acid groups (broad SMARTS) is 1. The monoisotopic (exact) mass is 290 g/mol. The summed E-state index contributed by atoms with van der Waals surface area (Å²) >= 11 is 0. The lowest BCUT2D eigenvalue weighted by molar-refractivity contribution is -0.136. The van der Waals surface area contributed by atoms with Crippen LogP contribution in [0.5, 0.6) is 0 Å². The van der Waals surface area contributed by atoms with Crippen LogP contribution in [0.3, 0.4) is 0 Å². The highest BCUT2D eigenvalue weighted by Crippen LogP contribution is 2.16. The lowest BCUT2D eigenvalue weighted by Gasteiger charge is -2.16. The Morgan fingerprint density at radius 1 is 1.24 bits per heavy atom. The Balaban J connectivity index is 2.58. The van der Waals surface area contributed by atoms with Gasteiger partial charge in [-0.05, 0) is 24.0 Å². The van der Waals surface area contributed by atoms with Crippen molar-refractivity contribution in [3.05, 3.63) is 41.7 Å². The molecule has 0 saturated carbocycles. The number of carbonyl (C=O) groups is 1. The van der Waals surface area contributed by atoms with E-state index in [1.165, 1.54) is 19.3 Å². The van der Waals surface area contributed by atoms with Gasteiger partial charge in [0.1, 0.15) is 0 Å². The van der Waals surface area contributed by atoms with Crippen LogP contribution in [-0.2, 0) is 9.53 Å². The number of rotatable bonds is 10. The van der Waals surface area contributed by atoms with Crippen LogP contribution in [-0.4, -0.2) is 17.7 Å². The van der Waals surface area contributed by atoms with Crippen molar-refractivity contribution in [3.8, 4) is 0 Å². The van der Waals surface area contributed by atoms with Gasteiger partial charge >= 0.3 is 5.97 Å². The van der Waals surface area contributed by atoms with Gasteiger partial charge in [0.25, 0.3) is 0 Å². The van der Waals surface area contributed by atoms with E-state index >= 15 is 0 Å². The van der Waals surface area contributed by atoms with E-state index in [0.717, 1.165) is 18.4 Å². The molecular weight excluding hydrogens is 264 g/mol. The van der Waals surface area contributed by atoms with E-state index in [1.54, 1.807) is 6.08 Å². The van der Waals surface area contributed by atoms with Gasteiger partial charge in [0, 0.05) is 0 Å². The summed E-state index contributed by atoms with van der Waals surface area (Å²) in [7, 11) is 0. The smallest absolute Gasteiger partial charge is 0.371 e. The maximum atomic E-state index is 11.3. The molecule has 116 valence electrons. The number of ether oxygens (including phenoxy) is 1. The quantitative estimate of drug-likeness (QED) is 0.385. The third-order valence-electron chi connectivity index (χ3n) is 3.58. The van der Waals surface area contributed by atoms with E-state index in [4.69, 9.17) is 4.74 Å². The van der Waals surface area contributed by atoms with Gasteiger partial charge in [0.05, 0.1) is 6.61 Å². The number of benzene rings is 1. The first-order valence-electron chi connectivity index (χ1n) is 7.80. The first-order valence-corrected chi connectivity index (χ1v) is 7.80. The standard InChI is InChI=1S/C18H26O3/c1-3-5-7-10-15(4-2)14-21-17(18(19)20)13-16-11-8-6-9-12-16/h6,8-9,11-13,15H,3-5,7,10,14H2,1-2H3,(H,19,20). The zero-order valence-corrected chi connectivity index (χ0v) is 13.0. The van der Waals surface area contributed by atoms with Crippen molar-refractivity contribution in [1.82, 2.24) is 0 Å². The summed E-state index contributed by atoms with van der Waals surface area (Å²) in [6.07, 6.45) is 7.31. The molecule has 1 unspecified atom stereocenters. The van der Waals surface area contributed by atoms with Crippen LogP contribution in [0, 0.1) is 5.92 Å². The molecule has 1 aromatic carbocycles. The normalized spacial score (nSPS) is 13.0. The molecule has 0 bridgehead atoms. The highest BCUT2D eigenvalue weighted by Gasteiger charge is 2.13. The molecular formula is C18H26O3. The lowest BCUT2D eigenvalue weighted by atomic mass is 10.00. The zero-order chi connectivity index (χ0) is 15.5. The predicted octanol–water partition coefficient (Wildman–Crippen LogP) is 4.74. The van der Waals surface area contributed by atoms with Gasteiger partial charge in [-0.2, -0.15) is 0 Å². The molecule has 21 heavy (non-hydrogen) atoms. The van der Waals surface area contributed by atoms with Crippen LogP contribution < -0.4 is 0 Å². The Morgan fingerprint density at radius 2 is 1.95 bits per heavy atom. The van der Waals surface area contributed by atoms with E-state index < -0.39 is 5.97 Å². The molecule has 1 aromatic rings. The second-order valence-electron chi connectivity index (χ2n) is 5.31. The largest absolute Gasteiger partial charge is 0.486 e.